The third kappa shape index (κ3) is 3.46. The molecule has 0 bridgehead atoms. The average Bonchev–Trinajstić information content (AvgIpc) is 2.79. The second-order valence-corrected chi connectivity index (χ2v) is 5.07. The molecule has 0 saturated carbocycles. The van der Waals surface area contributed by atoms with E-state index in [4.69, 9.17) is 47.6 Å². The van der Waals surface area contributed by atoms with Gasteiger partial charge in [0.1, 0.15) is 5.82 Å². The van der Waals surface area contributed by atoms with Crippen LogP contribution in [0.1, 0.15) is 33.1 Å². The number of anilines is 3. The summed E-state index contributed by atoms with van der Waals surface area (Å²) in [6.45, 7) is -3.75. The van der Waals surface area contributed by atoms with Crippen LogP contribution in [0.4, 0.5) is 17.5 Å². The van der Waals surface area contributed by atoms with E-state index < -0.39 is 98.6 Å². The Kier molecular flexibility index (Phi) is 1.92. The minimum Gasteiger partial charge on any atom is -0.493 e. The quantitative estimate of drug-likeness (QED) is 0.593. The molecule has 0 unspecified atom stereocenters. The molecule has 0 atom stereocenters. The lowest BCUT2D eigenvalue weighted by Crippen LogP contribution is -2.06. The zero-order valence-corrected chi connectivity index (χ0v) is 13.5. The molecule has 142 valence electrons. The topological polar surface area (TPSA) is 118 Å². The summed E-state index contributed by atoms with van der Waals surface area (Å²) >= 11 is 0. The number of nitrogens with zero attached hydrogens (tertiary/aromatic N) is 2. The van der Waals surface area contributed by atoms with E-state index in [1.165, 1.54) is 0 Å². The Hall–Kier alpha value is -3.42. The molecule has 0 aliphatic heterocycles. The van der Waals surface area contributed by atoms with Gasteiger partial charge in [-0.2, -0.15) is 4.98 Å². The van der Waals surface area contributed by atoms with Crippen molar-refractivity contribution in [3.05, 3.63) is 35.3 Å². The summed E-state index contributed by atoms with van der Waals surface area (Å²) in [7, 11) is -10.0. The lowest BCUT2D eigenvalue weighted by atomic mass is 10.0. The molecule has 2 aromatic carbocycles. The Morgan fingerprint density at radius 1 is 1.07 bits per heavy atom. The minimum absolute atomic E-state index is 0.316. The highest BCUT2D eigenvalue weighted by molar-refractivity contribution is 5.92. The van der Waals surface area contributed by atoms with Crippen LogP contribution in [0, 0.1) is 6.85 Å². The Morgan fingerprint density at radius 3 is 2.48 bits per heavy atom. The largest absolute Gasteiger partial charge is 0.493 e. The smallest absolute Gasteiger partial charge is 0.222 e. The van der Waals surface area contributed by atoms with E-state index in [-0.39, 0.29) is 16.9 Å². The standard InChI is InChI=1S/C19H23N5O3/c1-10-11(5-6-13-16(10)18(20)24-19(21)23-13)9-22-12-7-14(25-2)17(27-4)15(8-12)26-3/h5-8,22H,9H2,1-4H3,(H4,20,21,23,24)/i1D3,2D3,3D3,4D3,5D,6D,7D,8D. The van der Waals surface area contributed by atoms with Gasteiger partial charge < -0.3 is 31.0 Å². The summed E-state index contributed by atoms with van der Waals surface area (Å²) in [6, 6.07) is -3.33. The van der Waals surface area contributed by atoms with Crippen molar-refractivity contribution in [2.75, 3.05) is 37.9 Å². The predicted molar refractivity (Wildman–Crippen MR) is 107 cm³/mol. The number of ether oxygens (including phenoxy) is 3. The number of fused-ring (bicyclic) bond motifs is 1. The van der Waals surface area contributed by atoms with Crippen LogP contribution in [-0.4, -0.2) is 31.1 Å². The van der Waals surface area contributed by atoms with Crippen LogP contribution in [0.15, 0.2) is 24.2 Å². The van der Waals surface area contributed by atoms with Gasteiger partial charge in [-0.25, -0.2) is 4.98 Å². The van der Waals surface area contributed by atoms with Crippen molar-refractivity contribution in [3.8, 4) is 17.2 Å². The van der Waals surface area contributed by atoms with Crippen molar-refractivity contribution in [3.63, 3.8) is 0 Å². The van der Waals surface area contributed by atoms with E-state index in [1.807, 2.05) is 0 Å². The van der Waals surface area contributed by atoms with Gasteiger partial charge >= 0.3 is 0 Å². The van der Waals surface area contributed by atoms with Gasteiger partial charge in [-0.15, -0.1) is 0 Å². The fourth-order valence-electron chi connectivity index (χ4n) is 2.29. The Morgan fingerprint density at radius 2 is 1.81 bits per heavy atom. The number of nitrogens with one attached hydrogen (secondary N) is 1. The Bertz CT molecular complexity index is 1520. The highest BCUT2D eigenvalue weighted by Crippen LogP contribution is 2.40. The molecule has 1 heterocycles. The third-order valence-corrected chi connectivity index (χ3v) is 3.48. The number of aromatic nitrogens is 2. The van der Waals surface area contributed by atoms with Crippen molar-refractivity contribution in [2.24, 2.45) is 0 Å². The lowest BCUT2D eigenvalue weighted by Gasteiger charge is -2.16. The number of nitrogens with two attached hydrogens (primary N) is 2. The molecule has 0 aliphatic rings. The molecule has 3 rings (SSSR count). The number of hydrogen-bond acceptors (Lipinski definition) is 8. The third-order valence-electron chi connectivity index (χ3n) is 3.48. The van der Waals surface area contributed by atoms with Gasteiger partial charge in [0.05, 0.1) is 44.5 Å². The van der Waals surface area contributed by atoms with Crippen LogP contribution in [0.25, 0.3) is 10.9 Å². The minimum atomic E-state index is -3.36. The van der Waals surface area contributed by atoms with Gasteiger partial charge in [-0.3, -0.25) is 0 Å². The van der Waals surface area contributed by atoms with E-state index in [1.54, 1.807) is 0 Å². The lowest BCUT2D eigenvalue weighted by molar-refractivity contribution is 0.324. The van der Waals surface area contributed by atoms with Crippen molar-refractivity contribution in [1.82, 2.24) is 9.97 Å². The monoisotopic (exact) mass is 385 g/mol. The summed E-state index contributed by atoms with van der Waals surface area (Å²) in [5, 5.41) is 2.14. The van der Waals surface area contributed by atoms with Crippen molar-refractivity contribution < 1.29 is 36.1 Å². The number of benzene rings is 2. The van der Waals surface area contributed by atoms with Crippen molar-refractivity contribution >= 4 is 28.4 Å². The zero-order chi connectivity index (χ0) is 33.0. The van der Waals surface area contributed by atoms with Gasteiger partial charge in [0, 0.05) is 33.8 Å². The molecular weight excluding hydrogens is 346 g/mol. The first kappa shape index (κ1) is 6.95. The molecule has 3 aromatic rings. The van der Waals surface area contributed by atoms with Gasteiger partial charge in [0.25, 0.3) is 0 Å². The van der Waals surface area contributed by atoms with Gasteiger partial charge in [0.15, 0.2) is 11.5 Å². The maximum atomic E-state index is 8.50. The molecular formula is C19H23N5O3. The number of methoxy groups -OCH3 is 3. The molecule has 0 radical (unpaired) electrons. The van der Waals surface area contributed by atoms with Gasteiger partial charge in [-0.05, 0) is 24.0 Å². The predicted octanol–water partition coefficient (Wildman–Crippen LogP) is 2.74. The summed E-state index contributed by atoms with van der Waals surface area (Å²) in [4.78, 5) is 7.57. The van der Waals surface area contributed by atoms with Gasteiger partial charge in [0.2, 0.25) is 11.7 Å². The Labute approximate surface area is 179 Å². The first-order valence-corrected chi connectivity index (χ1v) is 7.15. The maximum absolute atomic E-state index is 8.50. The van der Waals surface area contributed by atoms with Crippen LogP contribution >= 0.6 is 0 Å². The van der Waals surface area contributed by atoms with Crippen LogP contribution in [0.3, 0.4) is 0 Å². The number of aryl methyl sites for hydroxylation is 1. The molecule has 8 heteroatoms. The van der Waals surface area contributed by atoms with E-state index in [0.717, 1.165) is 0 Å². The molecule has 0 saturated heterocycles. The number of rotatable bonds is 6. The van der Waals surface area contributed by atoms with Crippen LogP contribution in [0.2, 0.25) is 0 Å². The molecule has 0 spiro atoms. The molecule has 0 fully saturated rings. The van der Waals surface area contributed by atoms with Gasteiger partial charge in [-0.1, -0.05) is 6.04 Å². The van der Waals surface area contributed by atoms with E-state index in [9.17, 15) is 0 Å². The fraction of sp³-hybridized carbons (Fsp3) is 0.263. The number of nitrogen functional groups attached to an aromatic ring is 2. The second kappa shape index (κ2) is 7.45. The zero-order valence-electron chi connectivity index (χ0n) is 29.5. The molecule has 0 amide bonds. The molecule has 5 N–H and O–H groups in total. The Balaban J connectivity index is 2.35. The normalized spacial score (nSPS) is 21.2. The van der Waals surface area contributed by atoms with Crippen molar-refractivity contribution in [2.45, 2.75) is 13.4 Å². The van der Waals surface area contributed by atoms with Crippen LogP contribution < -0.4 is 31.0 Å². The highest BCUT2D eigenvalue weighted by Gasteiger charge is 2.14. The first-order chi connectivity index (χ1) is 19.3. The first-order valence-electron chi connectivity index (χ1n) is 15.2. The highest BCUT2D eigenvalue weighted by atomic mass is 16.5. The average molecular weight is 386 g/mol. The molecule has 8 nitrogen and oxygen atoms in total. The number of hydrogen-bond donors (Lipinski definition) is 3. The summed E-state index contributed by atoms with van der Waals surface area (Å²) in [6.07, 6.45) is 0. The van der Waals surface area contributed by atoms with E-state index in [0.29, 0.717) is 0 Å². The molecule has 1 aromatic heterocycles. The van der Waals surface area contributed by atoms with Crippen LogP contribution in [0.5, 0.6) is 17.2 Å². The van der Waals surface area contributed by atoms with Crippen molar-refractivity contribution in [1.29, 1.82) is 0 Å². The summed E-state index contributed by atoms with van der Waals surface area (Å²) < 4.78 is 139. The maximum Gasteiger partial charge on any atom is 0.222 e. The molecule has 27 heavy (non-hydrogen) atoms. The molecule has 0 aliphatic carbocycles. The summed E-state index contributed by atoms with van der Waals surface area (Å²) in [5.41, 5.74) is 9.45. The van der Waals surface area contributed by atoms with Crippen LogP contribution in [-0.2, 0) is 6.54 Å². The fourth-order valence-corrected chi connectivity index (χ4v) is 2.29. The SMILES string of the molecule is [2H]c1c(NCc2c([2H])c([2H])c3nc(N)nc(N)c3c2C([2H])([2H])[2H])c([2H])c(OC([2H])([2H])[2H])c(OC([2H])([2H])[2H])c1OC([2H])([2H])[2H]. The summed E-state index contributed by atoms with van der Waals surface area (Å²) in [5.74, 6) is -4.30. The van der Waals surface area contributed by atoms with E-state index in [2.05, 4.69) is 15.3 Å². The van der Waals surface area contributed by atoms with E-state index >= 15 is 0 Å². The second-order valence-electron chi connectivity index (χ2n) is 5.07.